The number of amidine groups is 1. The average Bonchev–Trinajstić information content (AvgIpc) is 2.47. The number of ether oxygens (including phenoxy) is 1. The molecule has 1 N–H and O–H groups in total. The van der Waals surface area contributed by atoms with Crippen molar-refractivity contribution < 1.29 is 4.74 Å². The molecule has 4 heteroatoms. The number of rotatable bonds is 4. The summed E-state index contributed by atoms with van der Waals surface area (Å²) in [6, 6.07) is 8.31. The molecule has 1 saturated heterocycles. The Kier molecular flexibility index (Phi) is 4.97. The van der Waals surface area contributed by atoms with Gasteiger partial charge < -0.3 is 10.1 Å². The molecule has 2 atom stereocenters. The molecule has 0 bridgehead atoms. The standard InChI is InChI=1S/C16H24N2OS/c1-5-16(3)10-11-20-15(18-16)17-12(2)13-6-8-14(19-4)9-7-13/h6-9,12H,5,10-11H2,1-4H3,(H,17,18). The number of thioether (sulfide) groups is 1. The Balaban J connectivity index is 2.08. The topological polar surface area (TPSA) is 33.6 Å². The van der Waals surface area contributed by atoms with Crippen molar-refractivity contribution in [3.8, 4) is 5.75 Å². The molecule has 1 aromatic carbocycles. The third-order valence-corrected chi connectivity index (χ3v) is 4.88. The third-order valence-electron chi connectivity index (χ3n) is 3.99. The third kappa shape index (κ3) is 3.69. The summed E-state index contributed by atoms with van der Waals surface area (Å²) in [5.41, 5.74) is 1.41. The number of nitrogens with zero attached hydrogens (tertiary/aromatic N) is 1. The largest absolute Gasteiger partial charge is 0.497 e. The van der Waals surface area contributed by atoms with Crippen molar-refractivity contribution in [2.45, 2.75) is 45.2 Å². The smallest absolute Gasteiger partial charge is 0.157 e. The molecule has 1 aliphatic rings. The van der Waals surface area contributed by atoms with E-state index in [1.807, 2.05) is 23.9 Å². The molecule has 1 fully saturated rings. The number of aliphatic imine (C=N–C) groups is 1. The van der Waals surface area contributed by atoms with Gasteiger partial charge in [-0.15, -0.1) is 0 Å². The molecule has 3 nitrogen and oxygen atoms in total. The van der Waals surface area contributed by atoms with Crippen molar-refractivity contribution in [3.05, 3.63) is 29.8 Å². The van der Waals surface area contributed by atoms with Crippen molar-refractivity contribution in [2.75, 3.05) is 12.9 Å². The Morgan fingerprint density at radius 1 is 1.40 bits per heavy atom. The molecule has 20 heavy (non-hydrogen) atoms. The van der Waals surface area contributed by atoms with Crippen LogP contribution in [-0.2, 0) is 0 Å². The fraction of sp³-hybridized carbons (Fsp3) is 0.562. The molecular formula is C16H24N2OS. The predicted octanol–water partition coefficient (Wildman–Crippen LogP) is 4.01. The summed E-state index contributed by atoms with van der Waals surface area (Å²) in [5, 5.41) is 4.66. The van der Waals surface area contributed by atoms with Crippen molar-refractivity contribution in [2.24, 2.45) is 4.99 Å². The van der Waals surface area contributed by atoms with Gasteiger partial charge in [0.25, 0.3) is 0 Å². The number of benzene rings is 1. The van der Waals surface area contributed by atoms with Gasteiger partial charge in [0, 0.05) is 11.3 Å². The van der Waals surface area contributed by atoms with E-state index in [4.69, 9.17) is 9.73 Å². The Bertz CT molecular complexity index is 472. The first kappa shape index (κ1) is 15.2. The van der Waals surface area contributed by atoms with E-state index in [1.165, 1.54) is 12.0 Å². The molecule has 0 radical (unpaired) electrons. The van der Waals surface area contributed by atoms with Gasteiger partial charge in [-0.05, 0) is 44.4 Å². The maximum Gasteiger partial charge on any atom is 0.157 e. The monoisotopic (exact) mass is 292 g/mol. The van der Waals surface area contributed by atoms with E-state index in [1.54, 1.807) is 7.11 Å². The highest BCUT2D eigenvalue weighted by Gasteiger charge is 2.27. The van der Waals surface area contributed by atoms with Crippen molar-refractivity contribution in [3.63, 3.8) is 0 Å². The van der Waals surface area contributed by atoms with Gasteiger partial charge >= 0.3 is 0 Å². The molecule has 110 valence electrons. The van der Waals surface area contributed by atoms with Gasteiger partial charge in [-0.1, -0.05) is 30.8 Å². The molecule has 0 saturated carbocycles. The van der Waals surface area contributed by atoms with Gasteiger partial charge in [0.2, 0.25) is 0 Å². The lowest BCUT2D eigenvalue weighted by molar-refractivity contribution is 0.389. The second kappa shape index (κ2) is 6.53. The molecular weight excluding hydrogens is 268 g/mol. The first-order valence-corrected chi connectivity index (χ1v) is 8.17. The van der Waals surface area contributed by atoms with E-state index >= 15 is 0 Å². The maximum absolute atomic E-state index is 5.19. The van der Waals surface area contributed by atoms with E-state index in [-0.39, 0.29) is 11.6 Å². The van der Waals surface area contributed by atoms with Crippen LogP contribution in [0.5, 0.6) is 5.75 Å². The highest BCUT2D eigenvalue weighted by atomic mass is 32.2. The first-order valence-electron chi connectivity index (χ1n) is 7.19. The minimum absolute atomic E-state index is 0.162. The summed E-state index contributed by atoms with van der Waals surface area (Å²) in [6.07, 6.45) is 2.33. The molecule has 0 aliphatic carbocycles. The van der Waals surface area contributed by atoms with Crippen LogP contribution in [0.25, 0.3) is 0 Å². The summed E-state index contributed by atoms with van der Waals surface area (Å²) >= 11 is 1.83. The lowest BCUT2D eigenvalue weighted by atomic mass is 9.96. The van der Waals surface area contributed by atoms with Gasteiger partial charge in [-0.3, -0.25) is 4.99 Å². The van der Waals surface area contributed by atoms with Gasteiger partial charge in [0.15, 0.2) is 5.17 Å². The van der Waals surface area contributed by atoms with E-state index in [2.05, 4.69) is 38.2 Å². The number of hydrogen-bond donors (Lipinski definition) is 1. The molecule has 0 aromatic heterocycles. The first-order chi connectivity index (χ1) is 9.56. The van der Waals surface area contributed by atoms with Crippen molar-refractivity contribution in [1.82, 2.24) is 5.32 Å². The Morgan fingerprint density at radius 2 is 2.10 bits per heavy atom. The zero-order valence-corrected chi connectivity index (χ0v) is 13.6. The van der Waals surface area contributed by atoms with E-state index in [0.717, 1.165) is 23.1 Å². The highest BCUT2D eigenvalue weighted by Crippen LogP contribution is 2.27. The SMILES string of the molecule is CCC1(C)CCSC(=NC(C)c2ccc(OC)cc2)N1. The van der Waals surface area contributed by atoms with Crippen LogP contribution in [0.3, 0.4) is 0 Å². The molecule has 1 aromatic rings. The van der Waals surface area contributed by atoms with Crippen molar-refractivity contribution in [1.29, 1.82) is 0 Å². The van der Waals surface area contributed by atoms with E-state index in [0.29, 0.717) is 0 Å². The lowest BCUT2D eigenvalue weighted by Crippen LogP contribution is -2.48. The highest BCUT2D eigenvalue weighted by molar-refractivity contribution is 8.13. The number of nitrogens with one attached hydrogen (secondary N) is 1. The second-order valence-electron chi connectivity index (χ2n) is 5.52. The number of methoxy groups -OCH3 is 1. The van der Waals surface area contributed by atoms with Crippen LogP contribution in [0, 0.1) is 0 Å². The van der Waals surface area contributed by atoms with Crippen LogP contribution in [0.4, 0.5) is 0 Å². The summed E-state index contributed by atoms with van der Waals surface area (Å²) in [7, 11) is 1.69. The van der Waals surface area contributed by atoms with Gasteiger partial charge in [0.05, 0.1) is 13.2 Å². The zero-order valence-electron chi connectivity index (χ0n) is 12.8. The lowest BCUT2D eigenvalue weighted by Gasteiger charge is -2.35. The summed E-state index contributed by atoms with van der Waals surface area (Å²) in [4.78, 5) is 4.83. The van der Waals surface area contributed by atoms with Gasteiger partial charge in [0.1, 0.15) is 5.75 Å². The fourth-order valence-corrected chi connectivity index (χ4v) is 3.49. The van der Waals surface area contributed by atoms with Crippen LogP contribution in [-0.4, -0.2) is 23.6 Å². The maximum atomic E-state index is 5.19. The van der Waals surface area contributed by atoms with E-state index in [9.17, 15) is 0 Å². The molecule has 1 aliphatic heterocycles. The Morgan fingerprint density at radius 3 is 2.70 bits per heavy atom. The zero-order chi connectivity index (χ0) is 14.6. The summed E-state index contributed by atoms with van der Waals surface area (Å²) in [6.45, 7) is 6.64. The minimum Gasteiger partial charge on any atom is -0.497 e. The van der Waals surface area contributed by atoms with Crippen LogP contribution in [0.1, 0.15) is 45.2 Å². The predicted molar refractivity (Wildman–Crippen MR) is 87.8 cm³/mol. The average molecular weight is 292 g/mol. The van der Waals surface area contributed by atoms with E-state index < -0.39 is 0 Å². The molecule has 2 unspecified atom stereocenters. The molecule has 0 amide bonds. The summed E-state index contributed by atoms with van der Waals surface area (Å²) < 4.78 is 5.19. The second-order valence-corrected chi connectivity index (χ2v) is 6.60. The number of hydrogen-bond acceptors (Lipinski definition) is 3. The van der Waals surface area contributed by atoms with Gasteiger partial charge in [-0.25, -0.2) is 0 Å². The van der Waals surface area contributed by atoms with Crippen LogP contribution in [0.2, 0.25) is 0 Å². The quantitative estimate of drug-likeness (QED) is 0.910. The Hall–Kier alpha value is -1.16. The molecule has 1 heterocycles. The minimum atomic E-state index is 0.162. The fourth-order valence-electron chi connectivity index (χ4n) is 2.20. The summed E-state index contributed by atoms with van der Waals surface area (Å²) in [5.74, 6) is 2.03. The van der Waals surface area contributed by atoms with Gasteiger partial charge in [-0.2, -0.15) is 0 Å². The van der Waals surface area contributed by atoms with Crippen LogP contribution < -0.4 is 10.1 Å². The normalized spacial score (nSPS) is 26.1. The van der Waals surface area contributed by atoms with Crippen molar-refractivity contribution >= 4 is 16.9 Å². The molecule has 0 spiro atoms. The molecule has 2 rings (SSSR count). The van der Waals surface area contributed by atoms with Crippen LogP contribution in [0.15, 0.2) is 29.3 Å². The Labute approximate surface area is 126 Å². The van der Waals surface area contributed by atoms with Crippen LogP contribution >= 0.6 is 11.8 Å².